The molecule has 0 aromatic carbocycles. The summed E-state index contributed by atoms with van der Waals surface area (Å²) in [6, 6.07) is 1.94. The molecule has 1 saturated carbocycles. The molecular weight excluding hydrogens is 254 g/mol. The minimum atomic E-state index is 0.553. The largest absolute Gasteiger partial charge is 0.373 e. The Hall–Kier alpha value is -1.21. The molecule has 0 unspecified atom stereocenters. The van der Waals surface area contributed by atoms with E-state index in [9.17, 15) is 0 Å². The van der Waals surface area contributed by atoms with Gasteiger partial charge in [-0.05, 0) is 24.6 Å². The first-order valence-electron chi connectivity index (χ1n) is 5.36. The fourth-order valence-corrected chi connectivity index (χ4v) is 2.88. The summed E-state index contributed by atoms with van der Waals surface area (Å²) in [5.74, 6) is 2.37. The van der Waals surface area contributed by atoms with Crippen molar-refractivity contribution in [3.05, 3.63) is 17.4 Å². The van der Waals surface area contributed by atoms with E-state index < -0.39 is 0 Å². The van der Waals surface area contributed by atoms with Crippen LogP contribution in [0, 0.1) is 0 Å². The number of aromatic nitrogens is 4. The highest BCUT2D eigenvalue weighted by molar-refractivity contribution is 8.00. The molecule has 17 heavy (non-hydrogen) atoms. The van der Waals surface area contributed by atoms with Gasteiger partial charge in [0.05, 0.1) is 0 Å². The number of hydrogen-bond donors (Lipinski definition) is 1. The predicted molar refractivity (Wildman–Crippen MR) is 67.6 cm³/mol. The smallest absolute Gasteiger partial charge is 0.180 e. The summed E-state index contributed by atoms with van der Waals surface area (Å²) in [4.78, 5) is 9.04. The van der Waals surface area contributed by atoms with E-state index in [0.29, 0.717) is 5.92 Å². The third-order valence-corrected chi connectivity index (χ3v) is 4.15. The van der Waals surface area contributed by atoms with Crippen LogP contribution >= 0.6 is 23.1 Å². The van der Waals surface area contributed by atoms with Gasteiger partial charge in [0.15, 0.2) is 4.34 Å². The average Bonchev–Trinajstić information content (AvgIpc) is 3.09. The zero-order valence-electron chi connectivity index (χ0n) is 9.25. The lowest BCUT2D eigenvalue weighted by Crippen LogP contribution is -2.00. The molecule has 0 spiro atoms. The molecular formula is C10H11N5S2. The van der Waals surface area contributed by atoms with Gasteiger partial charge in [0.25, 0.3) is 0 Å². The third kappa shape index (κ3) is 2.55. The maximum absolute atomic E-state index is 4.57. The van der Waals surface area contributed by atoms with E-state index in [1.165, 1.54) is 35.9 Å². The van der Waals surface area contributed by atoms with Crippen LogP contribution < -0.4 is 5.32 Å². The predicted octanol–water partition coefficient (Wildman–Crippen LogP) is 2.40. The van der Waals surface area contributed by atoms with Crippen molar-refractivity contribution in [3.63, 3.8) is 0 Å². The molecule has 1 N–H and O–H groups in total. The SMILES string of the molecule is CNc1cc(Sc2nncs2)nc(C2CC2)n1. The van der Waals surface area contributed by atoms with Crippen molar-refractivity contribution in [2.24, 2.45) is 0 Å². The van der Waals surface area contributed by atoms with Gasteiger partial charge in [0, 0.05) is 19.0 Å². The van der Waals surface area contributed by atoms with Crippen LogP contribution in [0.1, 0.15) is 24.6 Å². The van der Waals surface area contributed by atoms with Gasteiger partial charge in [-0.1, -0.05) is 11.3 Å². The maximum Gasteiger partial charge on any atom is 0.180 e. The topological polar surface area (TPSA) is 63.6 Å². The summed E-state index contributed by atoms with van der Waals surface area (Å²) >= 11 is 3.06. The number of rotatable bonds is 4. The number of anilines is 1. The van der Waals surface area contributed by atoms with Crippen LogP contribution in [0.2, 0.25) is 0 Å². The van der Waals surface area contributed by atoms with Crippen molar-refractivity contribution < 1.29 is 0 Å². The van der Waals surface area contributed by atoms with Crippen LogP contribution in [0.4, 0.5) is 5.82 Å². The summed E-state index contributed by atoms with van der Waals surface area (Å²) in [7, 11) is 1.87. The monoisotopic (exact) mass is 265 g/mol. The fraction of sp³-hybridized carbons (Fsp3) is 0.400. The molecule has 0 radical (unpaired) electrons. The summed E-state index contributed by atoms with van der Waals surface area (Å²) in [6.07, 6.45) is 2.41. The highest BCUT2D eigenvalue weighted by atomic mass is 32.2. The molecule has 0 bridgehead atoms. The summed E-state index contributed by atoms with van der Waals surface area (Å²) in [5, 5.41) is 11.8. The minimum absolute atomic E-state index is 0.553. The summed E-state index contributed by atoms with van der Waals surface area (Å²) in [5.41, 5.74) is 1.73. The average molecular weight is 265 g/mol. The first-order valence-corrected chi connectivity index (χ1v) is 7.05. The Morgan fingerprint density at radius 1 is 1.41 bits per heavy atom. The Balaban J connectivity index is 1.89. The van der Waals surface area contributed by atoms with Crippen LogP contribution in [-0.4, -0.2) is 27.2 Å². The first kappa shape index (κ1) is 10.9. The molecule has 2 aromatic heterocycles. The molecule has 1 aliphatic carbocycles. The zero-order valence-corrected chi connectivity index (χ0v) is 10.9. The van der Waals surface area contributed by atoms with Crippen molar-refractivity contribution in [1.82, 2.24) is 20.2 Å². The van der Waals surface area contributed by atoms with Gasteiger partial charge in [-0.15, -0.1) is 10.2 Å². The van der Waals surface area contributed by atoms with E-state index in [1.54, 1.807) is 5.51 Å². The highest BCUT2D eigenvalue weighted by Gasteiger charge is 2.27. The van der Waals surface area contributed by atoms with E-state index in [-0.39, 0.29) is 0 Å². The van der Waals surface area contributed by atoms with Crippen LogP contribution in [-0.2, 0) is 0 Å². The van der Waals surface area contributed by atoms with Gasteiger partial charge < -0.3 is 5.32 Å². The number of nitrogens with zero attached hydrogens (tertiary/aromatic N) is 4. The molecule has 1 fully saturated rings. The lowest BCUT2D eigenvalue weighted by Gasteiger charge is -2.05. The van der Waals surface area contributed by atoms with Crippen molar-refractivity contribution in [2.45, 2.75) is 28.1 Å². The number of hydrogen-bond acceptors (Lipinski definition) is 7. The van der Waals surface area contributed by atoms with Gasteiger partial charge in [-0.25, -0.2) is 9.97 Å². The summed E-state index contributed by atoms with van der Waals surface area (Å²) in [6.45, 7) is 0. The molecule has 0 amide bonds. The van der Waals surface area contributed by atoms with Crippen LogP contribution in [0.3, 0.4) is 0 Å². The van der Waals surface area contributed by atoms with Crippen LogP contribution in [0.25, 0.3) is 0 Å². The normalized spacial score (nSPS) is 14.9. The second-order valence-electron chi connectivity index (χ2n) is 3.78. The van der Waals surface area contributed by atoms with Crippen molar-refractivity contribution in [1.29, 1.82) is 0 Å². The first-order chi connectivity index (χ1) is 8.35. The van der Waals surface area contributed by atoms with Crippen molar-refractivity contribution >= 4 is 28.9 Å². The van der Waals surface area contributed by atoms with Gasteiger partial charge in [-0.2, -0.15) is 0 Å². The second kappa shape index (κ2) is 4.58. The van der Waals surface area contributed by atoms with E-state index in [1.807, 2.05) is 13.1 Å². The molecule has 0 saturated heterocycles. The summed E-state index contributed by atoms with van der Waals surface area (Å²) < 4.78 is 0.910. The standard InChI is InChI=1S/C10H11N5S2/c1-11-7-4-8(17-10-15-12-5-16-10)14-9(13-7)6-2-3-6/h4-6H,2-3H2,1H3,(H,11,13,14). The molecule has 7 heteroatoms. The Labute approximate surface area is 107 Å². The Morgan fingerprint density at radius 2 is 2.29 bits per heavy atom. The maximum atomic E-state index is 4.57. The fourth-order valence-electron chi connectivity index (χ4n) is 1.44. The molecule has 3 rings (SSSR count). The van der Waals surface area contributed by atoms with E-state index in [4.69, 9.17) is 0 Å². The van der Waals surface area contributed by atoms with E-state index in [0.717, 1.165) is 21.0 Å². The lowest BCUT2D eigenvalue weighted by atomic mass is 10.4. The Morgan fingerprint density at radius 3 is 2.94 bits per heavy atom. The quantitative estimate of drug-likeness (QED) is 0.856. The molecule has 0 aliphatic heterocycles. The third-order valence-electron chi connectivity index (χ3n) is 2.45. The molecule has 1 aliphatic rings. The van der Waals surface area contributed by atoms with Crippen LogP contribution in [0.15, 0.2) is 20.9 Å². The Bertz CT molecular complexity index is 509. The minimum Gasteiger partial charge on any atom is -0.373 e. The molecule has 2 aromatic rings. The highest BCUT2D eigenvalue weighted by Crippen LogP contribution is 2.39. The molecule has 88 valence electrons. The van der Waals surface area contributed by atoms with Gasteiger partial charge in [0.2, 0.25) is 0 Å². The van der Waals surface area contributed by atoms with E-state index >= 15 is 0 Å². The van der Waals surface area contributed by atoms with Gasteiger partial charge >= 0.3 is 0 Å². The van der Waals surface area contributed by atoms with Crippen molar-refractivity contribution in [2.75, 3.05) is 12.4 Å². The van der Waals surface area contributed by atoms with Gasteiger partial charge in [0.1, 0.15) is 22.2 Å². The number of nitrogens with one attached hydrogen (secondary N) is 1. The second-order valence-corrected chi connectivity index (χ2v) is 5.88. The Kier molecular flexibility index (Phi) is 2.94. The van der Waals surface area contributed by atoms with Crippen LogP contribution in [0.5, 0.6) is 0 Å². The molecule has 0 atom stereocenters. The van der Waals surface area contributed by atoms with Crippen molar-refractivity contribution in [3.8, 4) is 0 Å². The zero-order chi connectivity index (χ0) is 11.7. The molecule has 2 heterocycles. The van der Waals surface area contributed by atoms with Gasteiger partial charge in [-0.3, -0.25) is 0 Å². The van der Waals surface area contributed by atoms with E-state index in [2.05, 4.69) is 25.5 Å². The molecule has 5 nitrogen and oxygen atoms in total. The lowest BCUT2D eigenvalue weighted by molar-refractivity contribution is 0.879.